The normalized spacial score (nSPS) is 36.5. The van der Waals surface area contributed by atoms with E-state index in [9.17, 15) is 14.4 Å². The van der Waals surface area contributed by atoms with Gasteiger partial charge in [0, 0.05) is 18.3 Å². The maximum Gasteiger partial charge on any atom is 0.349 e. The number of ketones is 2. The van der Waals surface area contributed by atoms with Crippen LogP contribution >= 0.6 is 0 Å². The van der Waals surface area contributed by atoms with Gasteiger partial charge in [-0.05, 0) is 82.6 Å². The van der Waals surface area contributed by atoms with Gasteiger partial charge in [0.05, 0.1) is 12.8 Å². The lowest BCUT2D eigenvalue weighted by Gasteiger charge is -2.42. The highest BCUT2D eigenvalue weighted by atomic mass is 16.7. The Balaban J connectivity index is 1.52. The van der Waals surface area contributed by atoms with Gasteiger partial charge < -0.3 is 20.5 Å². The fourth-order valence-corrected chi connectivity index (χ4v) is 7.63. The quantitative estimate of drug-likeness (QED) is 0.107. The van der Waals surface area contributed by atoms with Crippen LogP contribution < -0.4 is 11.1 Å². The number of esters is 1. The summed E-state index contributed by atoms with van der Waals surface area (Å²) < 4.78 is 11.9. The number of hydrogen-bond donors (Lipinski definition) is 2. The van der Waals surface area contributed by atoms with E-state index >= 15 is 0 Å². The molecule has 0 amide bonds. The monoisotopic (exact) mass is 544 g/mol. The second-order valence-electron chi connectivity index (χ2n) is 13.2. The molecule has 2 aliphatic heterocycles. The van der Waals surface area contributed by atoms with Crippen molar-refractivity contribution in [1.29, 1.82) is 0 Å². The third-order valence-electron chi connectivity index (χ3n) is 9.79. The molecule has 7 heteroatoms. The third-order valence-corrected chi connectivity index (χ3v) is 9.79. The minimum absolute atomic E-state index is 0.0446. The van der Waals surface area contributed by atoms with E-state index in [1.807, 2.05) is 6.08 Å². The fourth-order valence-electron chi connectivity index (χ4n) is 7.63. The van der Waals surface area contributed by atoms with Crippen LogP contribution in [0.5, 0.6) is 0 Å². The molecule has 39 heavy (non-hydrogen) atoms. The van der Waals surface area contributed by atoms with Crippen molar-refractivity contribution < 1.29 is 23.9 Å². The Morgan fingerprint density at radius 1 is 1.18 bits per heavy atom. The smallest absolute Gasteiger partial charge is 0.349 e. The highest BCUT2D eigenvalue weighted by Crippen LogP contribution is 2.62. The van der Waals surface area contributed by atoms with Crippen molar-refractivity contribution in [3.63, 3.8) is 0 Å². The number of ether oxygens (including phenoxy) is 2. The van der Waals surface area contributed by atoms with Crippen molar-refractivity contribution in [2.24, 2.45) is 35.3 Å². The Bertz CT molecular complexity index is 932. The zero-order valence-electron chi connectivity index (χ0n) is 24.8. The molecule has 3 N–H and O–H groups in total. The standard InChI is InChI=1S/C32H52N2O5/c1-5-6-7-8-18-38-30(37)32-29(36)27-24(19-21(2)3)10-9-11-25(27)28(35)31(32,39-32)16-14-22(4)12-13-23-15-17-34-26(33)20-23/h14,21,23-27,34H,5-13,15-20,33H2,1-4H3/t23?,24?,25?,26?,27?,31-,32-/m0/s1. The maximum atomic E-state index is 14.2. The Labute approximate surface area is 235 Å². The number of hydrogen-bond acceptors (Lipinski definition) is 7. The summed E-state index contributed by atoms with van der Waals surface area (Å²) in [6, 6.07) is 0. The molecule has 7 atom stereocenters. The van der Waals surface area contributed by atoms with E-state index < -0.39 is 23.1 Å². The average Bonchev–Trinajstić information content (AvgIpc) is 3.61. The third kappa shape index (κ3) is 6.20. The van der Waals surface area contributed by atoms with E-state index in [-0.39, 0.29) is 42.6 Å². The minimum atomic E-state index is -1.76. The summed E-state index contributed by atoms with van der Waals surface area (Å²) in [6.07, 6.45) is 13.8. The van der Waals surface area contributed by atoms with Gasteiger partial charge in [0.25, 0.3) is 5.60 Å². The van der Waals surface area contributed by atoms with Crippen molar-refractivity contribution in [1.82, 2.24) is 5.32 Å². The van der Waals surface area contributed by atoms with Crippen LogP contribution in [0.2, 0.25) is 0 Å². The maximum absolute atomic E-state index is 14.2. The number of epoxide rings is 1. The number of piperidine rings is 1. The minimum Gasteiger partial charge on any atom is -0.463 e. The molecule has 4 aliphatic rings. The van der Waals surface area contributed by atoms with Crippen molar-refractivity contribution in [3.8, 4) is 0 Å². The molecular weight excluding hydrogens is 492 g/mol. The molecule has 0 radical (unpaired) electrons. The Morgan fingerprint density at radius 2 is 1.97 bits per heavy atom. The zero-order valence-corrected chi connectivity index (χ0v) is 24.8. The Kier molecular flexibility index (Phi) is 10.1. The Hall–Kier alpha value is -1.57. The number of carbonyl (C=O) groups is 3. The van der Waals surface area contributed by atoms with E-state index in [1.54, 1.807) is 0 Å². The van der Waals surface area contributed by atoms with Crippen LogP contribution in [0.3, 0.4) is 0 Å². The summed E-state index contributed by atoms with van der Waals surface area (Å²) in [4.78, 5) is 42.0. The molecule has 0 aromatic carbocycles. The fraction of sp³-hybridized carbons (Fsp3) is 0.844. The average molecular weight is 545 g/mol. The van der Waals surface area contributed by atoms with Gasteiger partial charge >= 0.3 is 5.97 Å². The second-order valence-corrected chi connectivity index (χ2v) is 13.2. The number of Topliss-reactive ketones (excluding diaryl/α,β-unsaturated/α-hetero) is 2. The summed E-state index contributed by atoms with van der Waals surface area (Å²) in [5.74, 6) is -0.545. The first-order chi connectivity index (χ1) is 18.7. The van der Waals surface area contributed by atoms with Crippen molar-refractivity contribution in [3.05, 3.63) is 11.6 Å². The molecule has 4 fully saturated rings. The number of carbonyl (C=O) groups excluding carboxylic acids is 3. The molecule has 0 aromatic heterocycles. The predicted octanol–water partition coefficient (Wildman–Crippen LogP) is 5.25. The van der Waals surface area contributed by atoms with E-state index in [4.69, 9.17) is 15.2 Å². The molecule has 4 rings (SSSR count). The second kappa shape index (κ2) is 12.9. The molecule has 0 spiro atoms. The highest BCUT2D eigenvalue weighted by Gasteiger charge is 2.87. The molecule has 0 bridgehead atoms. The van der Waals surface area contributed by atoms with E-state index in [2.05, 4.69) is 33.0 Å². The van der Waals surface area contributed by atoms with Gasteiger partial charge in [-0.15, -0.1) is 0 Å². The summed E-state index contributed by atoms with van der Waals surface area (Å²) >= 11 is 0. The summed E-state index contributed by atoms with van der Waals surface area (Å²) in [6.45, 7) is 9.73. The van der Waals surface area contributed by atoms with Crippen LogP contribution in [0.15, 0.2) is 11.6 Å². The van der Waals surface area contributed by atoms with Crippen LogP contribution in [-0.4, -0.2) is 48.1 Å². The molecule has 2 aliphatic carbocycles. The first-order valence-corrected chi connectivity index (χ1v) is 15.8. The number of unbranched alkanes of at least 4 members (excludes halogenated alkanes) is 3. The number of nitrogens with two attached hydrogens (primary N) is 1. The van der Waals surface area contributed by atoms with Crippen LogP contribution in [0, 0.1) is 29.6 Å². The molecule has 2 heterocycles. The lowest BCUT2D eigenvalue weighted by Crippen LogP contribution is -2.60. The SMILES string of the molecule is CCCCCCOC(=O)[C@]12O[C@@]1(CC=C(C)CCC1CCNC(N)C1)C(=O)C1CCCC(CC(C)C)C1C2=O. The Morgan fingerprint density at radius 3 is 2.69 bits per heavy atom. The van der Waals surface area contributed by atoms with Crippen molar-refractivity contribution in [2.75, 3.05) is 13.2 Å². The lowest BCUT2D eigenvalue weighted by molar-refractivity contribution is -0.160. The molecule has 0 aromatic rings. The molecule has 7 nitrogen and oxygen atoms in total. The highest BCUT2D eigenvalue weighted by molar-refractivity contribution is 6.23. The molecular formula is C32H52N2O5. The van der Waals surface area contributed by atoms with Crippen LogP contribution in [0.25, 0.3) is 0 Å². The summed E-state index contributed by atoms with van der Waals surface area (Å²) in [5.41, 5.74) is 4.08. The molecule has 220 valence electrons. The van der Waals surface area contributed by atoms with Crippen molar-refractivity contribution in [2.45, 2.75) is 129 Å². The van der Waals surface area contributed by atoms with Crippen LogP contribution in [-0.2, 0) is 23.9 Å². The summed E-state index contributed by atoms with van der Waals surface area (Å²) in [7, 11) is 0. The number of rotatable bonds is 13. The van der Waals surface area contributed by atoms with Gasteiger partial charge in [0.15, 0.2) is 17.2 Å². The predicted molar refractivity (Wildman–Crippen MR) is 152 cm³/mol. The molecule has 5 unspecified atom stereocenters. The number of fused-ring (bicyclic) bond motifs is 2. The molecule has 2 saturated heterocycles. The van der Waals surface area contributed by atoms with Gasteiger partial charge in [-0.25, -0.2) is 4.79 Å². The van der Waals surface area contributed by atoms with Gasteiger partial charge in [-0.3, -0.25) is 9.59 Å². The zero-order chi connectivity index (χ0) is 28.2. The van der Waals surface area contributed by atoms with Crippen LogP contribution in [0.4, 0.5) is 0 Å². The first-order valence-electron chi connectivity index (χ1n) is 15.8. The van der Waals surface area contributed by atoms with E-state index in [0.717, 1.165) is 82.7 Å². The lowest BCUT2D eigenvalue weighted by atomic mass is 9.57. The van der Waals surface area contributed by atoms with Gasteiger partial charge in [0.1, 0.15) is 0 Å². The van der Waals surface area contributed by atoms with Gasteiger partial charge in [-0.2, -0.15) is 0 Å². The summed E-state index contributed by atoms with van der Waals surface area (Å²) in [5, 5.41) is 3.30. The van der Waals surface area contributed by atoms with Gasteiger partial charge in [0.2, 0.25) is 0 Å². The number of allylic oxidation sites excluding steroid dienone is 1. The van der Waals surface area contributed by atoms with Gasteiger partial charge in [-0.1, -0.05) is 58.1 Å². The van der Waals surface area contributed by atoms with Crippen molar-refractivity contribution >= 4 is 17.5 Å². The molecule has 2 saturated carbocycles. The first kappa shape index (κ1) is 30.4. The largest absolute Gasteiger partial charge is 0.463 e. The van der Waals surface area contributed by atoms with E-state index in [1.165, 1.54) is 0 Å². The topological polar surface area (TPSA) is 111 Å². The van der Waals surface area contributed by atoms with Crippen LogP contribution in [0.1, 0.15) is 111 Å². The number of nitrogens with one attached hydrogen (secondary N) is 1. The van der Waals surface area contributed by atoms with E-state index in [0.29, 0.717) is 18.3 Å².